The standard InChI is InChI=1S/C18H21FN4O2/c1-12(2)16(17(24)22-15-4-3-9-20-11-15)23-18(25)21-10-13-5-7-14(19)8-6-13/h3-9,11-12,16H,10H2,1-2H3,(H,22,24)(H2,21,23,25)/t16-/m0/s1. The van der Waals surface area contributed by atoms with Crippen molar-refractivity contribution in [1.82, 2.24) is 15.6 Å². The number of urea groups is 1. The van der Waals surface area contributed by atoms with Crippen LogP contribution >= 0.6 is 0 Å². The summed E-state index contributed by atoms with van der Waals surface area (Å²) in [6.45, 7) is 3.92. The Balaban J connectivity index is 1.90. The third-order valence-electron chi connectivity index (χ3n) is 3.53. The number of nitrogens with one attached hydrogen (secondary N) is 3. The molecule has 3 N–H and O–H groups in total. The Morgan fingerprint density at radius 1 is 1.16 bits per heavy atom. The summed E-state index contributed by atoms with van der Waals surface area (Å²) in [5.41, 5.74) is 1.32. The number of rotatable bonds is 6. The smallest absolute Gasteiger partial charge is 0.315 e. The number of aromatic nitrogens is 1. The van der Waals surface area contributed by atoms with E-state index in [0.29, 0.717) is 5.69 Å². The topological polar surface area (TPSA) is 83.1 Å². The number of amides is 3. The van der Waals surface area contributed by atoms with Crippen LogP contribution in [0.3, 0.4) is 0 Å². The Bertz CT molecular complexity index is 705. The van der Waals surface area contributed by atoms with Crippen molar-refractivity contribution >= 4 is 17.6 Å². The highest BCUT2D eigenvalue weighted by Crippen LogP contribution is 2.08. The van der Waals surface area contributed by atoms with Gasteiger partial charge in [-0.15, -0.1) is 0 Å². The maximum Gasteiger partial charge on any atom is 0.315 e. The summed E-state index contributed by atoms with van der Waals surface area (Å²) in [4.78, 5) is 28.4. The average molecular weight is 344 g/mol. The van der Waals surface area contributed by atoms with Crippen molar-refractivity contribution < 1.29 is 14.0 Å². The second-order valence-corrected chi connectivity index (χ2v) is 5.91. The van der Waals surface area contributed by atoms with Crippen LogP contribution in [0.1, 0.15) is 19.4 Å². The van der Waals surface area contributed by atoms with Gasteiger partial charge in [-0.05, 0) is 35.7 Å². The normalized spacial score (nSPS) is 11.7. The first kappa shape index (κ1) is 18.4. The monoisotopic (exact) mass is 344 g/mol. The minimum Gasteiger partial charge on any atom is -0.334 e. The zero-order valence-electron chi connectivity index (χ0n) is 14.1. The molecule has 0 unspecified atom stereocenters. The van der Waals surface area contributed by atoms with Crippen LogP contribution in [0.15, 0.2) is 48.8 Å². The fourth-order valence-corrected chi connectivity index (χ4v) is 2.17. The molecule has 6 nitrogen and oxygen atoms in total. The molecule has 25 heavy (non-hydrogen) atoms. The number of carbonyl (C=O) groups is 2. The number of benzene rings is 1. The van der Waals surface area contributed by atoms with Crippen LogP contribution in [0.5, 0.6) is 0 Å². The second-order valence-electron chi connectivity index (χ2n) is 5.91. The van der Waals surface area contributed by atoms with Gasteiger partial charge in [0.05, 0.1) is 11.9 Å². The second kappa shape index (κ2) is 8.77. The fraction of sp³-hybridized carbons (Fsp3) is 0.278. The predicted molar refractivity (Wildman–Crippen MR) is 93.3 cm³/mol. The molecule has 3 amide bonds. The molecule has 1 atom stereocenters. The first-order valence-electron chi connectivity index (χ1n) is 7.95. The molecule has 2 rings (SSSR count). The van der Waals surface area contributed by atoms with Crippen LogP contribution in [-0.4, -0.2) is 23.0 Å². The number of carbonyl (C=O) groups excluding carboxylic acids is 2. The molecule has 0 aliphatic rings. The summed E-state index contributed by atoms with van der Waals surface area (Å²) in [5, 5.41) is 8.04. The highest BCUT2D eigenvalue weighted by Gasteiger charge is 2.24. The van der Waals surface area contributed by atoms with E-state index in [0.717, 1.165) is 5.56 Å². The lowest BCUT2D eigenvalue weighted by atomic mass is 10.0. The minimum absolute atomic E-state index is 0.103. The Kier molecular flexibility index (Phi) is 6.45. The van der Waals surface area contributed by atoms with Crippen LogP contribution in [0.2, 0.25) is 0 Å². The first-order valence-corrected chi connectivity index (χ1v) is 7.95. The first-order chi connectivity index (χ1) is 12.0. The van der Waals surface area contributed by atoms with E-state index in [-0.39, 0.29) is 24.2 Å². The maximum absolute atomic E-state index is 12.9. The Morgan fingerprint density at radius 3 is 2.48 bits per heavy atom. The van der Waals surface area contributed by atoms with E-state index in [9.17, 15) is 14.0 Å². The van der Waals surface area contributed by atoms with E-state index in [1.165, 1.54) is 18.3 Å². The molecule has 0 saturated carbocycles. The molecule has 1 heterocycles. The van der Waals surface area contributed by atoms with E-state index in [1.54, 1.807) is 30.5 Å². The van der Waals surface area contributed by atoms with Crippen molar-refractivity contribution in [1.29, 1.82) is 0 Å². The number of hydrogen-bond acceptors (Lipinski definition) is 3. The molecule has 0 aliphatic heterocycles. The van der Waals surface area contributed by atoms with Crippen LogP contribution in [-0.2, 0) is 11.3 Å². The lowest BCUT2D eigenvalue weighted by Gasteiger charge is -2.22. The average Bonchev–Trinajstić information content (AvgIpc) is 2.59. The van der Waals surface area contributed by atoms with Crippen molar-refractivity contribution in [2.75, 3.05) is 5.32 Å². The molecule has 0 radical (unpaired) electrons. The zero-order valence-corrected chi connectivity index (χ0v) is 14.1. The van der Waals surface area contributed by atoms with Crippen molar-refractivity contribution in [3.63, 3.8) is 0 Å². The van der Waals surface area contributed by atoms with Gasteiger partial charge in [0.2, 0.25) is 5.91 Å². The van der Waals surface area contributed by atoms with E-state index >= 15 is 0 Å². The van der Waals surface area contributed by atoms with Crippen LogP contribution < -0.4 is 16.0 Å². The minimum atomic E-state index is -0.701. The van der Waals surface area contributed by atoms with Gasteiger partial charge in [0.25, 0.3) is 0 Å². The third kappa shape index (κ3) is 5.87. The molecule has 0 aliphatic carbocycles. The zero-order chi connectivity index (χ0) is 18.2. The molecule has 0 bridgehead atoms. The molecule has 0 fully saturated rings. The molecule has 1 aromatic heterocycles. The van der Waals surface area contributed by atoms with Crippen LogP contribution in [0, 0.1) is 11.7 Å². The van der Waals surface area contributed by atoms with Gasteiger partial charge < -0.3 is 16.0 Å². The summed E-state index contributed by atoms with van der Waals surface area (Å²) >= 11 is 0. The predicted octanol–water partition coefficient (Wildman–Crippen LogP) is 2.68. The van der Waals surface area contributed by atoms with Gasteiger partial charge in [0.1, 0.15) is 11.9 Å². The van der Waals surface area contributed by atoms with E-state index in [2.05, 4.69) is 20.9 Å². The number of hydrogen-bond donors (Lipinski definition) is 3. The number of halogens is 1. The maximum atomic E-state index is 12.9. The van der Waals surface area contributed by atoms with Crippen molar-refractivity contribution in [2.24, 2.45) is 5.92 Å². The van der Waals surface area contributed by atoms with Gasteiger partial charge >= 0.3 is 6.03 Å². The molecule has 1 aromatic carbocycles. The lowest BCUT2D eigenvalue weighted by molar-refractivity contribution is -0.118. The fourth-order valence-electron chi connectivity index (χ4n) is 2.17. The molecule has 7 heteroatoms. The molecule has 0 spiro atoms. The Hall–Kier alpha value is -2.96. The quantitative estimate of drug-likeness (QED) is 0.753. The van der Waals surface area contributed by atoms with Gasteiger partial charge in [-0.3, -0.25) is 9.78 Å². The summed E-state index contributed by atoms with van der Waals surface area (Å²) in [6, 6.07) is 8.09. The van der Waals surface area contributed by atoms with Gasteiger partial charge in [-0.2, -0.15) is 0 Å². The van der Waals surface area contributed by atoms with Crippen LogP contribution in [0.25, 0.3) is 0 Å². The van der Waals surface area contributed by atoms with Gasteiger partial charge in [0, 0.05) is 12.7 Å². The third-order valence-corrected chi connectivity index (χ3v) is 3.53. The van der Waals surface area contributed by atoms with Gasteiger partial charge in [-0.1, -0.05) is 26.0 Å². The Labute approximate surface area is 145 Å². The summed E-state index contributed by atoms with van der Waals surface area (Å²) in [5.74, 6) is -0.756. The van der Waals surface area contributed by atoms with E-state index in [4.69, 9.17) is 0 Å². The van der Waals surface area contributed by atoms with E-state index in [1.807, 2.05) is 13.8 Å². The van der Waals surface area contributed by atoms with Crippen molar-refractivity contribution in [3.05, 3.63) is 60.2 Å². The molecular formula is C18H21FN4O2. The largest absolute Gasteiger partial charge is 0.334 e. The van der Waals surface area contributed by atoms with Gasteiger partial charge in [-0.25, -0.2) is 9.18 Å². The summed E-state index contributed by atoms with van der Waals surface area (Å²) < 4.78 is 12.9. The number of anilines is 1. The summed E-state index contributed by atoms with van der Waals surface area (Å²) in [6.07, 6.45) is 3.14. The lowest BCUT2D eigenvalue weighted by Crippen LogP contribution is -2.50. The molecule has 0 saturated heterocycles. The number of nitrogens with zero attached hydrogens (tertiary/aromatic N) is 1. The van der Waals surface area contributed by atoms with Crippen molar-refractivity contribution in [2.45, 2.75) is 26.4 Å². The van der Waals surface area contributed by atoms with E-state index < -0.39 is 12.1 Å². The highest BCUT2D eigenvalue weighted by molar-refractivity contribution is 5.97. The molecule has 2 aromatic rings. The number of pyridine rings is 1. The summed E-state index contributed by atoms with van der Waals surface area (Å²) in [7, 11) is 0. The van der Waals surface area contributed by atoms with Gasteiger partial charge in [0.15, 0.2) is 0 Å². The van der Waals surface area contributed by atoms with Crippen LogP contribution in [0.4, 0.5) is 14.9 Å². The highest BCUT2D eigenvalue weighted by atomic mass is 19.1. The van der Waals surface area contributed by atoms with Crippen molar-refractivity contribution in [3.8, 4) is 0 Å². The Morgan fingerprint density at radius 2 is 1.88 bits per heavy atom. The molecule has 132 valence electrons. The SMILES string of the molecule is CC(C)[C@H](NC(=O)NCc1ccc(F)cc1)C(=O)Nc1cccnc1. The molecular weight excluding hydrogens is 323 g/mol.